The van der Waals surface area contributed by atoms with Crippen LogP contribution in [0.3, 0.4) is 0 Å². The molecule has 1 amide bonds. The molecule has 1 saturated heterocycles. The number of fused-ring (bicyclic) bond motifs is 1. The second kappa shape index (κ2) is 6.96. The molecule has 1 fully saturated rings. The van der Waals surface area contributed by atoms with Crippen LogP contribution in [0.15, 0.2) is 30.3 Å². The van der Waals surface area contributed by atoms with E-state index in [1.807, 2.05) is 42.3 Å². The molecule has 0 saturated carbocycles. The highest BCUT2D eigenvalue weighted by Crippen LogP contribution is 2.25. The fraction of sp³-hybridized carbons (Fsp3) is 0.444. The van der Waals surface area contributed by atoms with Crippen LogP contribution >= 0.6 is 0 Å². The molecule has 1 aliphatic heterocycles. The minimum absolute atomic E-state index is 0.0842. The van der Waals surface area contributed by atoms with Gasteiger partial charge in [-0.2, -0.15) is 0 Å². The van der Waals surface area contributed by atoms with Crippen LogP contribution in [0.1, 0.15) is 23.2 Å². The average Bonchev–Trinajstić information content (AvgIpc) is 2.60. The number of likely N-dealkylation sites (tertiary alicyclic amines) is 1. The Morgan fingerprint density at radius 3 is 3.04 bits per heavy atom. The summed E-state index contributed by atoms with van der Waals surface area (Å²) in [5.41, 5.74) is 1.56. The first-order valence-electron chi connectivity index (χ1n) is 8.08. The van der Waals surface area contributed by atoms with Crippen LogP contribution < -0.4 is 5.32 Å². The zero-order chi connectivity index (χ0) is 16.2. The third kappa shape index (κ3) is 3.29. The maximum Gasteiger partial charge on any atom is 0.254 e. The van der Waals surface area contributed by atoms with Crippen LogP contribution in [0.4, 0.5) is 5.82 Å². The van der Waals surface area contributed by atoms with E-state index in [9.17, 15) is 4.79 Å². The molecule has 2 aromatic rings. The maximum atomic E-state index is 13.1. The molecule has 0 spiro atoms. The van der Waals surface area contributed by atoms with Crippen molar-refractivity contribution in [3.05, 3.63) is 35.9 Å². The molecule has 0 aliphatic carbocycles. The van der Waals surface area contributed by atoms with E-state index in [2.05, 4.69) is 10.3 Å². The first-order valence-corrected chi connectivity index (χ1v) is 8.08. The molecule has 3 rings (SSSR count). The predicted molar refractivity (Wildman–Crippen MR) is 91.8 cm³/mol. The van der Waals surface area contributed by atoms with Crippen molar-refractivity contribution >= 4 is 22.6 Å². The van der Waals surface area contributed by atoms with Crippen LogP contribution in [0.2, 0.25) is 0 Å². The van der Waals surface area contributed by atoms with Crippen molar-refractivity contribution in [2.75, 3.05) is 39.2 Å². The maximum absolute atomic E-state index is 13.1. The molecule has 1 N–H and O–H groups in total. The van der Waals surface area contributed by atoms with Crippen LogP contribution in [0.5, 0.6) is 0 Å². The van der Waals surface area contributed by atoms with Gasteiger partial charge in [0.2, 0.25) is 0 Å². The molecule has 0 unspecified atom stereocenters. The highest BCUT2D eigenvalue weighted by molar-refractivity contribution is 6.07. The van der Waals surface area contributed by atoms with Crippen LogP contribution in [0, 0.1) is 5.92 Å². The Morgan fingerprint density at radius 2 is 2.26 bits per heavy atom. The zero-order valence-corrected chi connectivity index (χ0v) is 13.7. The Morgan fingerprint density at radius 1 is 1.43 bits per heavy atom. The predicted octanol–water partition coefficient (Wildman–Crippen LogP) is 2.78. The minimum Gasteiger partial charge on any atom is -0.384 e. The van der Waals surface area contributed by atoms with Gasteiger partial charge in [0.25, 0.3) is 5.91 Å². The van der Waals surface area contributed by atoms with E-state index in [-0.39, 0.29) is 5.91 Å². The SMILES string of the molecule is CNc1cc(C(=O)N2CCC[C@@H](COC)C2)c2ccccc2n1. The van der Waals surface area contributed by atoms with Gasteiger partial charge >= 0.3 is 0 Å². The van der Waals surface area contributed by atoms with Gasteiger partial charge in [-0.15, -0.1) is 0 Å². The van der Waals surface area contributed by atoms with Gasteiger partial charge in [0.05, 0.1) is 17.7 Å². The molecule has 23 heavy (non-hydrogen) atoms. The van der Waals surface area contributed by atoms with Gasteiger partial charge in [-0.3, -0.25) is 4.79 Å². The van der Waals surface area contributed by atoms with E-state index in [0.29, 0.717) is 12.5 Å². The molecule has 2 heterocycles. The van der Waals surface area contributed by atoms with Crippen molar-refractivity contribution in [1.29, 1.82) is 0 Å². The van der Waals surface area contributed by atoms with E-state index < -0.39 is 0 Å². The standard InChI is InChI=1S/C18H23N3O2/c1-19-17-10-15(14-7-3-4-8-16(14)20-17)18(22)21-9-5-6-13(11-21)12-23-2/h3-4,7-8,10,13H,5-6,9,11-12H2,1-2H3,(H,19,20)/t13-/m1/s1. The van der Waals surface area contributed by atoms with Crippen molar-refractivity contribution in [3.8, 4) is 0 Å². The number of hydrogen-bond acceptors (Lipinski definition) is 4. The Hall–Kier alpha value is -2.14. The van der Waals surface area contributed by atoms with Crippen molar-refractivity contribution < 1.29 is 9.53 Å². The fourth-order valence-corrected chi connectivity index (χ4v) is 3.27. The molecule has 122 valence electrons. The average molecular weight is 313 g/mol. The monoisotopic (exact) mass is 313 g/mol. The number of amides is 1. The third-order valence-electron chi connectivity index (χ3n) is 4.41. The smallest absolute Gasteiger partial charge is 0.254 e. The lowest BCUT2D eigenvalue weighted by Gasteiger charge is -2.32. The molecule has 1 atom stereocenters. The zero-order valence-electron chi connectivity index (χ0n) is 13.7. The van der Waals surface area contributed by atoms with Gasteiger partial charge < -0.3 is 15.0 Å². The summed E-state index contributed by atoms with van der Waals surface area (Å²) in [6.07, 6.45) is 2.15. The Kier molecular flexibility index (Phi) is 4.76. The number of ether oxygens (including phenoxy) is 1. The number of piperidine rings is 1. The number of methoxy groups -OCH3 is 1. The van der Waals surface area contributed by atoms with Gasteiger partial charge in [0, 0.05) is 32.6 Å². The van der Waals surface area contributed by atoms with E-state index in [1.165, 1.54) is 0 Å². The molecule has 5 nitrogen and oxygen atoms in total. The lowest BCUT2D eigenvalue weighted by atomic mass is 9.97. The fourth-order valence-electron chi connectivity index (χ4n) is 3.27. The lowest BCUT2D eigenvalue weighted by molar-refractivity contribution is 0.0572. The number of rotatable bonds is 4. The number of hydrogen-bond donors (Lipinski definition) is 1. The van der Waals surface area contributed by atoms with Crippen molar-refractivity contribution in [3.63, 3.8) is 0 Å². The normalized spacial score (nSPS) is 18.2. The number of carbonyl (C=O) groups is 1. The van der Waals surface area contributed by atoms with Crippen LogP contribution in [0.25, 0.3) is 10.9 Å². The highest BCUT2D eigenvalue weighted by atomic mass is 16.5. The van der Waals surface area contributed by atoms with Gasteiger partial charge in [0.1, 0.15) is 5.82 Å². The highest BCUT2D eigenvalue weighted by Gasteiger charge is 2.25. The van der Waals surface area contributed by atoms with Gasteiger partial charge in [-0.05, 0) is 30.9 Å². The van der Waals surface area contributed by atoms with E-state index in [1.54, 1.807) is 7.11 Å². The molecular formula is C18H23N3O2. The van der Waals surface area contributed by atoms with E-state index in [4.69, 9.17) is 4.74 Å². The van der Waals surface area contributed by atoms with Crippen LogP contribution in [-0.2, 0) is 4.74 Å². The molecule has 1 aromatic carbocycles. The molecule has 1 aliphatic rings. The number of aromatic nitrogens is 1. The number of carbonyl (C=O) groups excluding carboxylic acids is 1. The number of para-hydroxylation sites is 1. The molecule has 0 bridgehead atoms. The molecule has 0 radical (unpaired) electrons. The Labute approximate surface area is 136 Å². The number of anilines is 1. The number of pyridine rings is 1. The summed E-state index contributed by atoms with van der Waals surface area (Å²) in [4.78, 5) is 19.5. The molecular weight excluding hydrogens is 290 g/mol. The summed E-state index contributed by atoms with van der Waals surface area (Å²) in [6.45, 7) is 2.28. The molecule has 1 aromatic heterocycles. The van der Waals surface area contributed by atoms with Crippen molar-refractivity contribution in [2.45, 2.75) is 12.8 Å². The van der Waals surface area contributed by atoms with E-state index >= 15 is 0 Å². The van der Waals surface area contributed by atoms with Crippen molar-refractivity contribution in [1.82, 2.24) is 9.88 Å². The summed E-state index contributed by atoms with van der Waals surface area (Å²) >= 11 is 0. The Bertz CT molecular complexity index is 700. The van der Waals surface area contributed by atoms with E-state index in [0.717, 1.165) is 48.2 Å². The summed E-state index contributed by atoms with van der Waals surface area (Å²) < 4.78 is 5.26. The van der Waals surface area contributed by atoms with Crippen molar-refractivity contribution in [2.24, 2.45) is 5.92 Å². The summed E-state index contributed by atoms with van der Waals surface area (Å²) in [7, 11) is 3.54. The molecule has 5 heteroatoms. The number of nitrogens with zero attached hydrogens (tertiary/aromatic N) is 2. The van der Waals surface area contributed by atoms with Gasteiger partial charge in [0.15, 0.2) is 0 Å². The van der Waals surface area contributed by atoms with Gasteiger partial charge in [-0.1, -0.05) is 18.2 Å². The summed E-state index contributed by atoms with van der Waals surface area (Å²) in [5.74, 6) is 1.23. The number of benzene rings is 1. The quantitative estimate of drug-likeness (QED) is 0.943. The Balaban J connectivity index is 1.93. The topological polar surface area (TPSA) is 54.5 Å². The first-order chi connectivity index (χ1) is 11.2. The first kappa shape index (κ1) is 15.7. The second-order valence-corrected chi connectivity index (χ2v) is 6.04. The largest absolute Gasteiger partial charge is 0.384 e. The number of nitrogens with one attached hydrogen (secondary N) is 1. The van der Waals surface area contributed by atoms with Crippen LogP contribution in [-0.4, -0.2) is 49.6 Å². The minimum atomic E-state index is 0.0842. The summed E-state index contributed by atoms with van der Waals surface area (Å²) in [6, 6.07) is 9.65. The lowest BCUT2D eigenvalue weighted by Crippen LogP contribution is -2.41. The van der Waals surface area contributed by atoms with Gasteiger partial charge in [-0.25, -0.2) is 4.98 Å². The third-order valence-corrected chi connectivity index (χ3v) is 4.41. The summed E-state index contributed by atoms with van der Waals surface area (Å²) in [5, 5.41) is 3.95. The second-order valence-electron chi connectivity index (χ2n) is 6.04.